The van der Waals surface area contributed by atoms with Gasteiger partial charge in [-0.25, -0.2) is 0 Å². The molecule has 0 amide bonds. The summed E-state index contributed by atoms with van der Waals surface area (Å²) in [6.07, 6.45) is 13.9. The zero-order valence-electron chi connectivity index (χ0n) is 19.4. The maximum absolute atomic E-state index is 12.3. The van der Waals surface area contributed by atoms with E-state index in [1.54, 1.807) is 5.57 Å². The lowest BCUT2D eigenvalue weighted by atomic mass is 9.50. The molecule has 4 aliphatic carbocycles. The van der Waals surface area contributed by atoms with Gasteiger partial charge >= 0.3 is 0 Å². The molecule has 0 aliphatic heterocycles. The Morgan fingerprint density at radius 1 is 1.00 bits per heavy atom. The third-order valence-corrected chi connectivity index (χ3v) is 10.5. The van der Waals surface area contributed by atoms with Crippen LogP contribution in [-0.4, -0.2) is 5.78 Å². The van der Waals surface area contributed by atoms with E-state index in [4.69, 9.17) is 0 Å². The first kappa shape index (κ1) is 20.7. The molecule has 0 unspecified atom stereocenters. The number of carbonyl (C=O) groups excluding carboxylic acids is 1. The molecule has 0 aromatic carbocycles. The van der Waals surface area contributed by atoms with E-state index in [2.05, 4.69) is 47.6 Å². The highest BCUT2D eigenvalue weighted by Gasteiger charge is 2.59. The SMILES string of the molecule is CC(C)[C@@H](C)CC[C@@H](C)[C@@H]1CC[C@@H]2C3=CC[C@H]4CC(=O)C[C@]4(C)[C@@H]3CC[C@]21C. The van der Waals surface area contributed by atoms with Crippen LogP contribution in [0.1, 0.15) is 99.3 Å². The van der Waals surface area contributed by atoms with Crippen LogP contribution in [0, 0.1) is 52.3 Å². The highest BCUT2D eigenvalue weighted by atomic mass is 16.1. The predicted octanol–water partition coefficient (Wildman–Crippen LogP) is 7.45. The first-order valence-corrected chi connectivity index (χ1v) is 12.4. The highest BCUT2D eigenvalue weighted by Crippen LogP contribution is 2.67. The monoisotopic (exact) mass is 384 g/mol. The average Bonchev–Trinajstić information content (AvgIpc) is 3.14. The Kier molecular flexibility index (Phi) is 5.37. The van der Waals surface area contributed by atoms with E-state index in [1.807, 2.05) is 0 Å². The second kappa shape index (κ2) is 7.28. The lowest BCUT2D eigenvalue weighted by Gasteiger charge is -2.54. The molecule has 1 heteroatoms. The van der Waals surface area contributed by atoms with E-state index in [1.165, 1.54) is 44.9 Å². The summed E-state index contributed by atoms with van der Waals surface area (Å²) in [5.74, 6) is 6.08. The van der Waals surface area contributed by atoms with Gasteiger partial charge in [0.2, 0.25) is 0 Å². The first-order valence-electron chi connectivity index (χ1n) is 12.4. The molecule has 8 atom stereocenters. The van der Waals surface area contributed by atoms with E-state index >= 15 is 0 Å². The van der Waals surface area contributed by atoms with E-state index in [-0.39, 0.29) is 5.41 Å². The number of carbonyl (C=O) groups is 1. The van der Waals surface area contributed by atoms with Crippen molar-refractivity contribution in [3.63, 3.8) is 0 Å². The van der Waals surface area contributed by atoms with Gasteiger partial charge < -0.3 is 0 Å². The molecule has 0 aromatic heterocycles. The van der Waals surface area contributed by atoms with Crippen LogP contribution in [0.4, 0.5) is 0 Å². The molecular formula is C27H44O. The van der Waals surface area contributed by atoms with Gasteiger partial charge in [0.1, 0.15) is 5.78 Å². The number of rotatable bonds is 5. The lowest BCUT2D eigenvalue weighted by molar-refractivity contribution is -0.118. The van der Waals surface area contributed by atoms with E-state index in [0.717, 1.165) is 42.4 Å². The molecule has 0 spiro atoms. The molecule has 0 bridgehead atoms. The van der Waals surface area contributed by atoms with Gasteiger partial charge in [0, 0.05) is 12.8 Å². The number of hydrogen-bond acceptors (Lipinski definition) is 1. The second-order valence-electron chi connectivity index (χ2n) is 12.2. The van der Waals surface area contributed by atoms with Crippen LogP contribution in [0.15, 0.2) is 11.6 Å². The molecule has 0 radical (unpaired) electrons. The third-order valence-electron chi connectivity index (χ3n) is 10.5. The molecule has 158 valence electrons. The van der Waals surface area contributed by atoms with Gasteiger partial charge in [-0.2, -0.15) is 0 Å². The van der Waals surface area contributed by atoms with Crippen molar-refractivity contribution in [1.82, 2.24) is 0 Å². The fourth-order valence-corrected chi connectivity index (χ4v) is 8.21. The van der Waals surface area contributed by atoms with Crippen molar-refractivity contribution in [2.24, 2.45) is 52.3 Å². The highest BCUT2D eigenvalue weighted by molar-refractivity contribution is 5.82. The standard InChI is InChI=1S/C27H44O/c1-17(2)18(3)7-8-19(4)23-11-12-24-22-10-9-20-15-21(28)16-27(20,6)25(22)13-14-26(23,24)5/h10,17-20,23-25H,7-9,11-16H2,1-6H3/t18-,19+,20-,23-,24+,25+,26-,27-/m0/s1. The summed E-state index contributed by atoms with van der Waals surface area (Å²) in [5, 5.41) is 0. The van der Waals surface area contributed by atoms with Crippen molar-refractivity contribution in [1.29, 1.82) is 0 Å². The maximum Gasteiger partial charge on any atom is 0.133 e. The number of ketones is 1. The van der Waals surface area contributed by atoms with Gasteiger partial charge in [0.05, 0.1) is 0 Å². The predicted molar refractivity (Wildman–Crippen MR) is 118 cm³/mol. The second-order valence-corrected chi connectivity index (χ2v) is 12.2. The van der Waals surface area contributed by atoms with Crippen molar-refractivity contribution in [3.8, 4) is 0 Å². The molecule has 4 rings (SSSR count). The summed E-state index contributed by atoms with van der Waals surface area (Å²) in [4.78, 5) is 12.3. The van der Waals surface area contributed by atoms with Gasteiger partial charge in [0.25, 0.3) is 0 Å². The average molecular weight is 385 g/mol. The Bertz CT molecular complexity index is 645. The summed E-state index contributed by atoms with van der Waals surface area (Å²) in [6, 6.07) is 0. The van der Waals surface area contributed by atoms with Gasteiger partial charge in [-0.1, -0.05) is 66.0 Å². The minimum atomic E-state index is 0.277. The minimum Gasteiger partial charge on any atom is -0.300 e. The van der Waals surface area contributed by atoms with Gasteiger partial charge in [0.15, 0.2) is 0 Å². The molecule has 28 heavy (non-hydrogen) atoms. The Labute approximate surface area is 174 Å². The molecule has 3 fully saturated rings. The smallest absolute Gasteiger partial charge is 0.133 e. The quantitative estimate of drug-likeness (QED) is 0.450. The molecule has 4 aliphatic rings. The number of allylic oxidation sites excluding steroid dienone is 2. The third kappa shape index (κ3) is 3.14. The first-order chi connectivity index (χ1) is 13.2. The van der Waals surface area contributed by atoms with Gasteiger partial charge in [-0.3, -0.25) is 4.79 Å². The summed E-state index contributed by atoms with van der Waals surface area (Å²) < 4.78 is 0. The largest absolute Gasteiger partial charge is 0.300 e. The van der Waals surface area contributed by atoms with Crippen LogP contribution < -0.4 is 0 Å². The number of fused-ring (bicyclic) bond motifs is 5. The normalized spacial score (nSPS) is 44.7. The Balaban J connectivity index is 1.50. The fourth-order valence-electron chi connectivity index (χ4n) is 8.21. The van der Waals surface area contributed by atoms with Crippen molar-refractivity contribution >= 4 is 5.78 Å². The number of hydrogen-bond donors (Lipinski definition) is 0. The van der Waals surface area contributed by atoms with E-state index in [0.29, 0.717) is 23.0 Å². The lowest BCUT2D eigenvalue weighted by Crippen LogP contribution is -2.46. The summed E-state index contributed by atoms with van der Waals surface area (Å²) in [5.41, 5.74) is 2.58. The minimum absolute atomic E-state index is 0.277. The fraction of sp³-hybridized carbons (Fsp3) is 0.889. The topological polar surface area (TPSA) is 17.1 Å². The summed E-state index contributed by atoms with van der Waals surface area (Å²) in [6.45, 7) is 14.9. The van der Waals surface area contributed by atoms with Crippen molar-refractivity contribution in [2.45, 2.75) is 99.3 Å². The Morgan fingerprint density at radius 2 is 1.71 bits per heavy atom. The summed E-state index contributed by atoms with van der Waals surface area (Å²) >= 11 is 0. The van der Waals surface area contributed by atoms with Gasteiger partial charge in [-0.15, -0.1) is 0 Å². The molecule has 0 saturated heterocycles. The van der Waals surface area contributed by atoms with Crippen LogP contribution in [0.25, 0.3) is 0 Å². The molecule has 3 saturated carbocycles. The summed E-state index contributed by atoms with van der Waals surface area (Å²) in [7, 11) is 0. The zero-order chi connectivity index (χ0) is 20.3. The Hall–Kier alpha value is -0.590. The van der Waals surface area contributed by atoms with Crippen LogP contribution in [0.5, 0.6) is 0 Å². The molecule has 0 aromatic rings. The zero-order valence-corrected chi connectivity index (χ0v) is 19.4. The van der Waals surface area contributed by atoms with E-state index in [9.17, 15) is 4.79 Å². The van der Waals surface area contributed by atoms with E-state index < -0.39 is 0 Å². The number of Topliss-reactive ketones (excluding diaryl/α,β-unsaturated/α-hetero) is 1. The maximum atomic E-state index is 12.3. The molecular weight excluding hydrogens is 340 g/mol. The Morgan fingerprint density at radius 3 is 2.43 bits per heavy atom. The van der Waals surface area contributed by atoms with Gasteiger partial charge in [-0.05, 0) is 84.4 Å². The van der Waals surface area contributed by atoms with Crippen molar-refractivity contribution in [3.05, 3.63) is 11.6 Å². The molecule has 1 nitrogen and oxygen atoms in total. The molecule has 0 N–H and O–H groups in total. The van der Waals surface area contributed by atoms with Crippen molar-refractivity contribution < 1.29 is 4.79 Å². The van der Waals surface area contributed by atoms with Crippen LogP contribution in [0.2, 0.25) is 0 Å². The molecule has 0 heterocycles. The van der Waals surface area contributed by atoms with Crippen LogP contribution >= 0.6 is 0 Å². The van der Waals surface area contributed by atoms with Crippen LogP contribution in [0.3, 0.4) is 0 Å². The van der Waals surface area contributed by atoms with Crippen LogP contribution in [-0.2, 0) is 4.79 Å². The van der Waals surface area contributed by atoms with Crippen molar-refractivity contribution in [2.75, 3.05) is 0 Å².